The summed E-state index contributed by atoms with van der Waals surface area (Å²) in [4.78, 5) is 6.36. The largest absolute Gasteiger partial charge is 0.353 e. The van der Waals surface area contributed by atoms with Crippen LogP contribution < -0.4 is 4.90 Å². The lowest BCUT2D eigenvalue weighted by molar-refractivity contribution is 0.660. The van der Waals surface area contributed by atoms with Gasteiger partial charge in [-0.15, -0.1) is 0 Å². The third kappa shape index (κ3) is 5.83. The molecule has 13 rings (SSSR count). The van der Waals surface area contributed by atoms with Crippen LogP contribution in [-0.2, 0) is 5.41 Å². The Balaban J connectivity index is 0.965. The van der Waals surface area contributed by atoms with Crippen molar-refractivity contribution in [1.29, 1.82) is 0 Å². The minimum absolute atomic E-state index is 0.132. The van der Waals surface area contributed by atoms with Gasteiger partial charge in [-0.1, -0.05) is 184 Å². The molecule has 0 aliphatic heterocycles. The molecule has 0 unspecified atom stereocenters. The zero-order chi connectivity index (χ0) is 43.9. The van der Waals surface area contributed by atoms with E-state index in [0.717, 1.165) is 34.0 Å². The van der Waals surface area contributed by atoms with Gasteiger partial charge >= 0.3 is 0 Å². The fourth-order valence-corrected chi connectivity index (χ4v) is 11.0. The first kappa shape index (κ1) is 38.1. The average Bonchev–Trinajstić information content (AvgIpc) is 4.01. The Morgan fingerprint density at radius 1 is 0.379 bits per heavy atom. The predicted molar refractivity (Wildman–Crippen MR) is 279 cm³/mol. The smallest absolute Gasteiger partial charge is 0.0545 e. The van der Waals surface area contributed by atoms with Crippen molar-refractivity contribution < 1.29 is 0 Å². The molecular formula is C63H45N3. The topological polar surface area (TPSA) is 24.0 Å². The number of hydrogen-bond donors (Lipinski definition) is 1. The first-order valence-electron chi connectivity index (χ1n) is 22.9. The van der Waals surface area contributed by atoms with E-state index >= 15 is 0 Å². The molecule has 0 radical (unpaired) electrons. The summed E-state index contributed by atoms with van der Waals surface area (Å²) in [5.41, 5.74) is 20.4. The molecule has 3 nitrogen and oxygen atoms in total. The van der Waals surface area contributed by atoms with Crippen LogP contribution in [-0.4, -0.2) is 9.55 Å². The second-order valence-electron chi connectivity index (χ2n) is 18.2. The molecule has 3 heteroatoms. The van der Waals surface area contributed by atoms with E-state index in [1.54, 1.807) is 0 Å². The van der Waals surface area contributed by atoms with Gasteiger partial charge in [0, 0.05) is 55.3 Å². The number of fused-ring (bicyclic) bond motifs is 9. The zero-order valence-electron chi connectivity index (χ0n) is 36.8. The van der Waals surface area contributed by atoms with Gasteiger partial charge in [-0.2, -0.15) is 0 Å². The van der Waals surface area contributed by atoms with E-state index in [0.29, 0.717) is 0 Å². The molecule has 0 spiro atoms. The number of rotatable bonds is 7. The van der Waals surface area contributed by atoms with Gasteiger partial charge in [0.2, 0.25) is 0 Å². The first-order valence-corrected chi connectivity index (χ1v) is 22.9. The second-order valence-corrected chi connectivity index (χ2v) is 18.2. The quantitative estimate of drug-likeness (QED) is 0.170. The molecule has 1 aliphatic rings. The summed E-state index contributed by atoms with van der Waals surface area (Å²) in [6.45, 7) is 4.72. The fourth-order valence-electron chi connectivity index (χ4n) is 11.0. The molecule has 10 aromatic carbocycles. The molecule has 2 aromatic heterocycles. The molecule has 66 heavy (non-hydrogen) atoms. The summed E-state index contributed by atoms with van der Waals surface area (Å²) in [5.74, 6) is 0. The molecule has 1 N–H and O–H groups in total. The molecule has 2 heterocycles. The molecule has 0 bridgehead atoms. The summed E-state index contributed by atoms with van der Waals surface area (Å²) >= 11 is 0. The Hall–Kier alpha value is -8.40. The van der Waals surface area contributed by atoms with Crippen LogP contribution in [0.1, 0.15) is 25.0 Å². The molecular weight excluding hydrogens is 799 g/mol. The van der Waals surface area contributed by atoms with Gasteiger partial charge in [-0.05, 0) is 111 Å². The Morgan fingerprint density at radius 3 is 1.77 bits per heavy atom. The summed E-state index contributed by atoms with van der Waals surface area (Å²) in [7, 11) is 0. The Bertz CT molecular complexity index is 3820. The molecule has 1 aliphatic carbocycles. The van der Waals surface area contributed by atoms with Gasteiger partial charge in [0.1, 0.15) is 0 Å². The highest BCUT2D eigenvalue weighted by Crippen LogP contribution is 2.51. The van der Waals surface area contributed by atoms with Crippen molar-refractivity contribution in [3.63, 3.8) is 0 Å². The minimum Gasteiger partial charge on any atom is -0.353 e. The number of anilines is 3. The van der Waals surface area contributed by atoms with Crippen LogP contribution in [0.5, 0.6) is 0 Å². The first-order chi connectivity index (χ1) is 32.5. The van der Waals surface area contributed by atoms with Crippen molar-refractivity contribution in [1.82, 2.24) is 9.55 Å². The number of hydrogen-bond acceptors (Lipinski definition) is 1. The minimum atomic E-state index is -0.132. The highest BCUT2D eigenvalue weighted by atomic mass is 15.1. The standard InChI is InChI=1S/C63H45N3/c1-63(2)56-27-14-12-23-50(56)51-35-33-47(40-57(51)63)65(46-34-38-59-55(39-46)52-24-13-15-28-58(52)66(59)44-21-10-5-11-22-44)45-31-29-41(30-32-45)48-25-16-26-53-49(48)36-37-54-60(42-17-6-3-7-18-42)61(64-62(53)54)43-19-8-4-9-20-43/h3-40,64H,1-2H3. The number of aromatic amines is 1. The zero-order valence-corrected chi connectivity index (χ0v) is 36.8. The highest BCUT2D eigenvalue weighted by molar-refractivity contribution is 6.17. The number of nitrogens with zero attached hydrogens (tertiary/aromatic N) is 2. The Kier molecular flexibility index (Phi) is 8.56. The van der Waals surface area contributed by atoms with Gasteiger partial charge in [-0.25, -0.2) is 0 Å². The molecule has 0 fully saturated rings. The monoisotopic (exact) mass is 843 g/mol. The van der Waals surface area contributed by atoms with Crippen molar-refractivity contribution >= 4 is 60.5 Å². The second kappa shape index (κ2) is 14.8. The molecule has 0 saturated heterocycles. The van der Waals surface area contributed by atoms with E-state index in [4.69, 9.17) is 0 Å². The third-order valence-electron chi connectivity index (χ3n) is 14.1. The van der Waals surface area contributed by atoms with Crippen molar-refractivity contribution in [2.24, 2.45) is 0 Å². The number of H-pyrrole nitrogens is 1. The van der Waals surface area contributed by atoms with Crippen molar-refractivity contribution in [2.45, 2.75) is 19.3 Å². The number of para-hydroxylation sites is 2. The Morgan fingerprint density at radius 2 is 0.970 bits per heavy atom. The van der Waals surface area contributed by atoms with Crippen LogP contribution in [0, 0.1) is 0 Å². The maximum Gasteiger partial charge on any atom is 0.0545 e. The van der Waals surface area contributed by atoms with Gasteiger partial charge in [-0.3, -0.25) is 0 Å². The van der Waals surface area contributed by atoms with Gasteiger partial charge in [0.25, 0.3) is 0 Å². The van der Waals surface area contributed by atoms with E-state index in [9.17, 15) is 0 Å². The maximum absolute atomic E-state index is 3.92. The number of aromatic nitrogens is 2. The van der Waals surface area contributed by atoms with Crippen molar-refractivity contribution in [2.75, 3.05) is 4.90 Å². The van der Waals surface area contributed by atoms with E-state index in [2.05, 4.69) is 259 Å². The van der Waals surface area contributed by atoms with E-state index in [1.807, 2.05) is 0 Å². The number of nitrogens with one attached hydrogen (secondary N) is 1. The van der Waals surface area contributed by atoms with Crippen LogP contribution in [0.15, 0.2) is 231 Å². The Labute approximate surface area is 384 Å². The third-order valence-corrected chi connectivity index (χ3v) is 14.1. The van der Waals surface area contributed by atoms with Gasteiger partial charge in [0.05, 0.1) is 22.2 Å². The van der Waals surface area contributed by atoms with Gasteiger partial charge in [0.15, 0.2) is 0 Å². The molecule has 312 valence electrons. The lowest BCUT2D eigenvalue weighted by atomic mass is 9.82. The van der Waals surface area contributed by atoms with E-state index in [-0.39, 0.29) is 5.41 Å². The van der Waals surface area contributed by atoms with Crippen molar-refractivity contribution in [3.05, 3.63) is 242 Å². The van der Waals surface area contributed by atoms with Gasteiger partial charge < -0.3 is 14.5 Å². The average molecular weight is 844 g/mol. The molecule has 12 aromatic rings. The van der Waals surface area contributed by atoms with Crippen LogP contribution in [0.4, 0.5) is 17.1 Å². The maximum atomic E-state index is 3.92. The normalized spacial score (nSPS) is 12.8. The summed E-state index contributed by atoms with van der Waals surface area (Å²) < 4.78 is 2.39. The molecule has 0 atom stereocenters. The molecule has 0 amide bonds. The summed E-state index contributed by atoms with van der Waals surface area (Å²) in [6, 6.07) is 84.4. The summed E-state index contributed by atoms with van der Waals surface area (Å²) in [6.07, 6.45) is 0. The van der Waals surface area contributed by atoms with E-state index < -0.39 is 0 Å². The van der Waals surface area contributed by atoms with Crippen LogP contribution in [0.25, 0.3) is 93.8 Å². The highest BCUT2D eigenvalue weighted by Gasteiger charge is 2.36. The number of benzene rings is 10. The summed E-state index contributed by atoms with van der Waals surface area (Å²) in [5, 5.41) is 6.10. The fraction of sp³-hybridized carbons (Fsp3) is 0.0476. The molecule has 0 saturated carbocycles. The lowest BCUT2D eigenvalue weighted by Crippen LogP contribution is -2.16. The SMILES string of the molecule is CC1(C)c2ccccc2-c2ccc(N(c3ccc(-c4cccc5c4ccc4c(-c6ccccc6)c(-c6ccccc6)[nH]c45)cc3)c3ccc4c(c3)c3ccccc3n4-c3ccccc3)cc21. The van der Waals surface area contributed by atoms with Crippen molar-refractivity contribution in [3.8, 4) is 50.3 Å². The van der Waals surface area contributed by atoms with Crippen LogP contribution in [0.3, 0.4) is 0 Å². The lowest BCUT2D eigenvalue weighted by Gasteiger charge is -2.28. The van der Waals surface area contributed by atoms with E-state index in [1.165, 1.54) is 88.0 Å². The van der Waals surface area contributed by atoms with Crippen LogP contribution >= 0.6 is 0 Å². The predicted octanol–water partition coefficient (Wildman–Crippen LogP) is 17.2. The van der Waals surface area contributed by atoms with Crippen LogP contribution in [0.2, 0.25) is 0 Å².